The number of benzene rings is 1. The van der Waals surface area contributed by atoms with Gasteiger partial charge in [-0.3, -0.25) is 4.98 Å². The van der Waals surface area contributed by atoms with Gasteiger partial charge in [0.25, 0.3) is 0 Å². The lowest BCUT2D eigenvalue weighted by molar-refractivity contribution is 0.433. The molecule has 0 saturated heterocycles. The van der Waals surface area contributed by atoms with Crippen LogP contribution in [0, 0.1) is 11.6 Å². The molecule has 0 aliphatic heterocycles. The van der Waals surface area contributed by atoms with Crippen LogP contribution >= 0.6 is 11.6 Å². The summed E-state index contributed by atoms with van der Waals surface area (Å²) in [5, 5.41) is 3.30. The minimum atomic E-state index is -0.764. The van der Waals surface area contributed by atoms with E-state index in [1.165, 1.54) is 6.20 Å². The van der Waals surface area contributed by atoms with Crippen LogP contribution in [0.2, 0.25) is 5.02 Å². The Morgan fingerprint density at radius 1 is 1.19 bits per heavy atom. The zero-order valence-corrected chi connectivity index (χ0v) is 11.2. The first kappa shape index (κ1) is 13.5. The van der Waals surface area contributed by atoms with Crippen molar-refractivity contribution in [2.45, 2.75) is 0 Å². The Bertz CT molecular complexity index is 805. The molecule has 2 heterocycles. The smallest absolute Gasteiger partial charge is 0.180 e. The molecule has 4 nitrogen and oxygen atoms in total. The van der Waals surface area contributed by atoms with Gasteiger partial charge in [0.05, 0.1) is 16.1 Å². The molecular weight excluding hydrogens is 300 g/mol. The summed E-state index contributed by atoms with van der Waals surface area (Å²) in [6.45, 7) is 0. The Balaban J connectivity index is 2.24. The summed E-state index contributed by atoms with van der Waals surface area (Å²) in [6.07, 6.45) is 3.10. The SMILES string of the molecule is Nc1noc(-c2cc(F)c(Cl)cc2F)c1-c1cccnc1. The van der Waals surface area contributed by atoms with Crippen LogP contribution in [0.15, 0.2) is 41.2 Å². The molecule has 0 fully saturated rings. The van der Waals surface area contributed by atoms with Gasteiger partial charge in [-0.2, -0.15) is 0 Å². The monoisotopic (exact) mass is 307 g/mol. The van der Waals surface area contributed by atoms with E-state index in [1.807, 2.05) is 0 Å². The lowest BCUT2D eigenvalue weighted by Crippen LogP contribution is -1.92. The number of hydrogen-bond donors (Lipinski definition) is 1. The van der Waals surface area contributed by atoms with E-state index in [4.69, 9.17) is 21.9 Å². The van der Waals surface area contributed by atoms with Gasteiger partial charge >= 0.3 is 0 Å². The Hall–Kier alpha value is -2.47. The Kier molecular flexibility index (Phi) is 3.31. The van der Waals surface area contributed by atoms with Gasteiger partial charge in [0.2, 0.25) is 0 Å². The minimum absolute atomic E-state index is 0.0218. The average Bonchev–Trinajstić information content (AvgIpc) is 2.85. The van der Waals surface area contributed by atoms with E-state index in [0.717, 1.165) is 12.1 Å². The number of hydrogen-bond acceptors (Lipinski definition) is 4. The molecule has 106 valence electrons. The molecule has 2 aromatic heterocycles. The fourth-order valence-electron chi connectivity index (χ4n) is 1.97. The fraction of sp³-hybridized carbons (Fsp3) is 0. The fourth-order valence-corrected chi connectivity index (χ4v) is 2.12. The Labute approximate surface area is 123 Å². The first-order valence-electron chi connectivity index (χ1n) is 5.88. The Morgan fingerprint density at radius 3 is 2.71 bits per heavy atom. The van der Waals surface area contributed by atoms with Gasteiger partial charge in [-0.1, -0.05) is 22.8 Å². The van der Waals surface area contributed by atoms with Crippen molar-refractivity contribution in [2.75, 3.05) is 5.73 Å². The van der Waals surface area contributed by atoms with E-state index in [0.29, 0.717) is 11.1 Å². The maximum absolute atomic E-state index is 14.0. The quantitative estimate of drug-likeness (QED) is 0.729. The predicted octanol–water partition coefficient (Wildman–Crippen LogP) is 3.92. The highest BCUT2D eigenvalue weighted by atomic mass is 35.5. The lowest BCUT2D eigenvalue weighted by atomic mass is 10.0. The van der Waals surface area contributed by atoms with Gasteiger partial charge in [-0.25, -0.2) is 8.78 Å². The van der Waals surface area contributed by atoms with Crippen molar-refractivity contribution in [2.24, 2.45) is 0 Å². The molecule has 0 radical (unpaired) electrons. The van der Waals surface area contributed by atoms with Gasteiger partial charge in [0.15, 0.2) is 11.6 Å². The number of nitrogen functional groups attached to an aromatic ring is 1. The summed E-state index contributed by atoms with van der Waals surface area (Å²) in [4.78, 5) is 3.96. The van der Waals surface area contributed by atoms with E-state index in [9.17, 15) is 8.78 Å². The first-order chi connectivity index (χ1) is 10.1. The van der Waals surface area contributed by atoms with Crippen LogP contribution in [-0.4, -0.2) is 10.1 Å². The van der Waals surface area contributed by atoms with E-state index in [1.54, 1.807) is 18.3 Å². The molecule has 7 heteroatoms. The third kappa shape index (κ3) is 2.34. The number of aromatic nitrogens is 2. The van der Waals surface area contributed by atoms with Crippen molar-refractivity contribution < 1.29 is 13.3 Å². The molecule has 0 aliphatic carbocycles. The number of halogens is 3. The van der Waals surface area contributed by atoms with Crippen molar-refractivity contribution in [1.29, 1.82) is 0 Å². The van der Waals surface area contributed by atoms with Crippen LogP contribution < -0.4 is 5.73 Å². The molecule has 21 heavy (non-hydrogen) atoms. The van der Waals surface area contributed by atoms with Crippen LogP contribution in [0.5, 0.6) is 0 Å². The molecule has 0 spiro atoms. The van der Waals surface area contributed by atoms with Gasteiger partial charge in [-0.05, 0) is 18.2 Å². The predicted molar refractivity (Wildman–Crippen MR) is 74.5 cm³/mol. The molecular formula is C14H8ClF2N3O. The van der Waals surface area contributed by atoms with Crippen LogP contribution in [0.1, 0.15) is 0 Å². The van der Waals surface area contributed by atoms with Crippen LogP contribution in [-0.2, 0) is 0 Å². The molecule has 0 atom stereocenters. The lowest BCUT2D eigenvalue weighted by Gasteiger charge is -2.04. The van der Waals surface area contributed by atoms with Crippen LogP contribution in [0.25, 0.3) is 22.5 Å². The first-order valence-corrected chi connectivity index (χ1v) is 6.26. The van der Waals surface area contributed by atoms with E-state index >= 15 is 0 Å². The maximum Gasteiger partial charge on any atom is 0.180 e. The molecule has 0 bridgehead atoms. The van der Waals surface area contributed by atoms with Crippen LogP contribution in [0.3, 0.4) is 0 Å². The molecule has 0 aliphatic rings. The summed E-state index contributed by atoms with van der Waals surface area (Å²) < 4.78 is 32.7. The zero-order chi connectivity index (χ0) is 15.0. The largest absolute Gasteiger partial charge is 0.380 e. The summed E-state index contributed by atoms with van der Waals surface area (Å²) in [6, 6.07) is 5.21. The second kappa shape index (κ2) is 5.14. The second-order valence-corrected chi connectivity index (χ2v) is 4.67. The van der Waals surface area contributed by atoms with Crippen molar-refractivity contribution >= 4 is 17.4 Å². The minimum Gasteiger partial charge on any atom is -0.380 e. The van der Waals surface area contributed by atoms with Gasteiger partial charge in [0, 0.05) is 18.0 Å². The zero-order valence-electron chi connectivity index (χ0n) is 10.5. The number of nitrogens with zero attached hydrogens (tertiary/aromatic N) is 2. The number of rotatable bonds is 2. The maximum atomic E-state index is 14.0. The molecule has 1 aromatic carbocycles. The summed E-state index contributed by atoms with van der Waals surface area (Å²) in [7, 11) is 0. The number of pyridine rings is 1. The topological polar surface area (TPSA) is 64.9 Å². The van der Waals surface area contributed by atoms with E-state index in [-0.39, 0.29) is 22.2 Å². The molecule has 3 rings (SSSR count). The van der Waals surface area contributed by atoms with Crippen LogP contribution in [0.4, 0.5) is 14.6 Å². The summed E-state index contributed by atoms with van der Waals surface area (Å²) >= 11 is 5.54. The van der Waals surface area contributed by atoms with Crippen molar-refractivity contribution in [3.05, 3.63) is 53.3 Å². The highest BCUT2D eigenvalue weighted by molar-refractivity contribution is 6.30. The van der Waals surface area contributed by atoms with E-state index in [2.05, 4.69) is 10.1 Å². The molecule has 2 N–H and O–H groups in total. The highest BCUT2D eigenvalue weighted by Crippen LogP contribution is 2.38. The molecule has 0 unspecified atom stereocenters. The molecule has 0 saturated carbocycles. The third-order valence-corrected chi connectivity index (χ3v) is 3.21. The van der Waals surface area contributed by atoms with Gasteiger partial charge in [0.1, 0.15) is 11.6 Å². The second-order valence-electron chi connectivity index (χ2n) is 4.26. The highest BCUT2D eigenvalue weighted by Gasteiger charge is 2.22. The van der Waals surface area contributed by atoms with Gasteiger partial charge < -0.3 is 10.3 Å². The number of nitrogens with two attached hydrogens (primary N) is 1. The van der Waals surface area contributed by atoms with Crippen molar-refractivity contribution in [1.82, 2.24) is 10.1 Å². The van der Waals surface area contributed by atoms with E-state index < -0.39 is 11.6 Å². The van der Waals surface area contributed by atoms with Crippen molar-refractivity contribution in [3.8, 4) is 22.5 Å². The summed E-state index contributed by atoms with van der Waals surface area (Å²) in [5.74, 6) is -1.41. The average molecular weight is 308 g/mol. The third-order valence-electron chi connectivity index (χ3n) is 2.92. The normalized spacial score (nSPS) is 10.8. The molecule has 3 aromatic rings. The van der Waals surface area contributed by atoms with Gasteiger partial charge in [-0.15, -0.1) is 0 Å². The molecule has 0 amide bonds. The summed E-state index contributed by atoms with van der Waals surface area (Å²) in [5.41, 5.74) is 6.58. The number of anilines is 1. The standard InChI is InChI=1S/C14H8ClF2N3O/c15-9-5-10(16)8(4-11(9)17)13-12(14(18)20-21-13)7-2-1-3-19-6-7/h1-6H,(H2,18,20). The Morgan fingerprint density at radius 2 is 2.00 bits per heavy atom. The van der Waals surface area contributed by atoms with Crippen molar-refractivity contribution in [3.63, 3.8) is 0 Å².